The quantitative estimate of drug-likeness (QED) is 0.759. The van der Waals surface area contributed by atoms with Gasteiger partial charge in [0.05, 0.1) is 6.07 Å². The van der Waals surface area contributed by atoms with Crippen LogP contribution in [0.1, 0.15) is 65.7 Å². The summed E-state index contributed by atoms with van der Waals surface area (Å²) in [6.07, 6.45) is 8.63. The Kier molecular flexibility index (Phi) is 5.46. The van der Waals surface area contributed by atoms with Gasteiger partial charge in [0.15, 0.2) is 0 Å². The van der Waals surface area contributed by atoms with Crippen molar-refractivity contribution in [2.45, 2.75) is 65.7 Å². The van der Waals surface area contributed by atoms with Crippen LogP contribution in [0.4, 0.5) is 0 Å². The molecule has 1 rings (SSSR count). The molecular formula is C15H28N2. The van der Waals surface area contributed by atoms with E-state index in [0.717, 1.165) is 19.5 Å². The Bertz CT molecular complexity index is 257. The summed E-state index contributed by atoms with van der Waals surface area (Å²) in [5.74, 6) is 0. The molecule has 0 aliphatic heterocycles. The lowest BCUT2D eigenvalue weighted by molar-refractivity contribution is 0.194. The Hall–Kier alpha value is -0.550. The molecule has 98 valence electrons. The van der Waals surface area contributed by atoms with E-state index in [9.17, 15) is 0 Å². The molecule has 1 N–H and O–H groups in total. The highest BCUT2D eigenvalue weighted by molar-refractivity contribution is 4.83. The molecule has 0 saturated heterocycles. The van der Waals surface area contributed by atoms with Crippen LogP contribution in [0.5, 0.6) is 0 Å². The Morgan fingerprint density at radius 2 is 1.88 bits per heavy atom. The molecule has 0 bridgehead atoms. The van der Waals surface area contributed by atoms with Crippen LogP contribution in [-0.4, -0.2) is 13.1 Å². The highest BCUT2D eigenvalue weighted by atomic mass is 14.9. The highest BCUT2D eigenvalue weighted by Crippen LogP contribution is 2.35. The molecule has 0 aromatic rings. The van der Waals surface area contributed by atoms with Gasteiger partial charge in [-0.15, -0.1) is 0 Å². The predicted molar refractivity (Wildman–Crippen MR) is 72.7 cm³/mol. The second kappa shape index (κ2) is 6.40. The van der Waals surface area contributed by atoms with E-state index < -0.39 is 0 Å². The first-order valence-corrected chi connectivity index (χ1v) is 7.05. The monoisotopic (exact) mass is 236 g/mol. The van der Waals surface area contributed by atoms with Gasteiger partial charge < -0.3 is 5.32 Å². The summed E-state index contributed by atoms with van der Waals surface area (Å²) in [7, 11) is 0. The van der Waals surface area contributed by atoms with Crippen molar-refractivity contribution in [1.29, 1.82) is 5.26 Å². The van der Waals surface area contributed by atoms with Gasteiger partial charge in [0, 0.05) is 19.5 Å². The Morgan fingerprint density at radius 1 is 1.24 bits per heavy atom. The second-order valence-corrected chi connectivity index (χ2v) is 6.80. The first-order valence-electron chi connectivity index (χ1n) is 7.05. The zero-order chi connectivity index (χ0) is 12.8. The molecule has 1 fully saturated rings. The topological polar surface area (TPSA) is 35.8 Å². The lowest BCUT2D eigenvalue weighted by Gasteiger charge is -2.35. The van der Waals surface area contributed by atoms with Gasteiger partial charge in [0.1, 0.15) is 0 Å². The maximum atomic E-state index is 8.63. The minimum Gasteiger partial charge on any atom is -0.316 e. The lowest BCUT2D eigenvalue weighted by atomic mass is 9.75. The van der Waals surface area contributed by atoms with Gasteiger partial charge in [-0.1, -0.05) is 40.0 Å². The molecule has 0 aromatic carbocycles. The number of hydrogen-bond donors (Lipinski definition) is 1. The molecule has 0 atom stereocenters. The summed E-state index contributed by atoms with van der Waals surface area (Å²) in [6, 6.07) is 2.24. The number of nitrogens with one attached hydrogen (secondary N) is 1. The van der Waals surface area contributed by atoms with Crippen LogP contribution in [0.15, 0.2) is 0 Å². The largest absolute Gasteiger partial charge is 0.316 e. The number of hydrogen-bond acceptors (Lipinski definition) is 2. The van der Waals surface area contributed by atoms with Crippen LogP contribution in [-0.2, 0) is 0 Å². The number of rotatable bonds is 6. The summed E-state index contributed by atoms with van der Waals surface area (Å²) < 4.78 is 0. The summed E-state index contributed by atoms with van der Waals surface area (Å²) in [5, 5.41) is 12.3. The van der Waals surface area contributed by atoms with Crippen LogP contribution < -0.4 is 5.32 Å². The van der Waals surface area contributed by atoms with E-state index in [1.54, 1.807) is 0 Å². The molecule has 0 radical (unpaired) electrons. The van der Waals surface area contributed by atoms with E-state index in [1.807, 2.05) is 0 Å². The zero-order valence-corrected chi connectivity index (χ0v) is 11.8. The zero-order valence-electron chi connectivity index (χ0n) is 11.8. The van der Waals surface area contributed by atoms with Gasteiger partial charge >= 0.3 is 0 Å². The first kappa shape index (κ1) is 14.5. The van der Waals surface area contributed by atoms with Crippen molar-refractivity contribution in [3.8, 4) is 6.07 Å². The normalized spacial score (nSPS) is 19.9. The highest BCUT2D eigenvalue weighted by Gasteiger charge is 2.27. The van der Waals surface area contributed by atoms with E-state index in [-0.39, 0.29) is 5.41 Å². The Labute approximate surface area is 107 Å². The standard InChI is InChI=1S/C15H28N2/c1-14(2,8-7-11-16)12-17-13-15(3)9-5-4-6-10-15/h17H,4-10,12-13H2,1-3H3. The molecule has 1 saturated carbocycles. The lowest BCUT2D eigenvalue weighted by Crippen LogP contribution is -2.38. The molecule has 1 aliphatic carbocycles. The third-order valence-electron chi connectivity index (χ3n) is 4.13. The van der Waals surface area contributed by atoms with Gasteiger partial charge in [-0.25, -0.2) is 0 Å². The molecule has 1 aliphatic rings. The fourth-order valence-corrected chi connectivity index (χ4v) is 2.77. The third kappa shape index (κ3) is 5.55. The van der Waals surface area contributed by atoms with E-state index in [2.05, 4.69) is 32.2 Å². The Balaban J connectivity index is 2.24. The smallest absolute Gasteiger partial charge is 0.0621 e. The summed E-state index contributed by atoms with van der Waals surface area (Å²) >= 11 is 0. The number of nitriles is 1. The maximum Gasteiger partial charge on any atom is 0.0621 e. The van der Waals surface area contributed by atoms with E-state index >= 15 is 0 Å². The van der Waals surface area contributed by atoms with Crippen molar-refractivity contribution in [2.75, 3.05) is 13.1 Å². The molecule has 0 unspecified atom stereocenters. The molecular weight excluding hydrogens is 208 g/mol. The van der Waals surface area contributed by atoms with Gasteiger partial charge in [-0.2, -0.15) is 5.26 Å². The summed E-state index contributed by atoms with van der Waals surface area (Å²) in [6.45, 7) is 9.09. The maximum absolute atomic E-state index is 8.63. The van der Waals surface area contributed by atoms with Crippen molar-refractivity contribution >= 4 is 0 Å². The van der Waals surface area contributed by atoms with Crippen LogP contribution >= 0.6 is 0 Å². The van der Waals surface area contributed by atoms with Crippen LogP contribution in [0.25, 0.3) is 0 Å². The fraction of sp³-hybridized carbons (Fsp3) is 0.933. The van der Waals surface area contributed by atoms with Crippen molar-refractivity contribution in [3.05, 3.63) is 0 Å². The average molecular weight is 236 g/mol. The Morgan fingerprint density at radius 3 is 2.47 bits per heavy atom. The van der Waals surface area contributed by atoms with Crippen molar-refractivity contribution < 1.29 is 0 Å². The van der Waals surface area contributed by atoms with Crippen LogP contribution in [0.2, 0.25) is 0 Å². The van der Waals surface area contributed by atoms with Gasteiger partial charge in [-0.3, -0.25) is 0 Å². The predicted octanol–water partition coefficient (Wildman–Crippen LogP) is 3.88. The van der Waals surface area contributed by atoms with E-state index in [1.165, 1.54) is 32.1 Å². The fourth-order valence-electron chi connectivity index (χ4n) is 2.77. The minimum atomic E-state index is 0.251. The molecule has 0 amide bonds. The molecule has 2 heteroatoms. The third-order valence-corrected chi connectivity index (χ3v) is 4.13. The van der Waals surface area contributed by atoms with Gasteiger partial charge in [0.2, 0.25) is 0 Å². The first-order chi connectivity index (χ1) is 7.97. The minimum absolute atomic E-state index is 0.251. The molecule has 0 aromatic heterocycles. The molecule has 2 nitrogen and oxygen atoms in total. The SMILES string of the molecule is CC(C)(CCC#N)CNCC1(C)CCCCC1. The summed E-state index contributed by atoms with van der Waals surface area (Å²) in [4.78, 5) is 0. The molecule has 0 spiro atoms. The molecule has 0 heterocycles. The second-order valence-electron chi connectivity index (χ2n) is 6.80. The van der Waals surface area contributed by atoms with Crippen molar-refractivity contribution in [2.24, 2.45) is 10.8 Å². The summed E-state index contributed by atoms with van der Waals surface area (Å²) in [5.41, 5.74) is 0.768. The van der Waals surface area contributed by atoms with Gasteiger partial charge in [-0.05, 0) is 30.1 Å². The van der Waals surface area contributed by atoms with Crippen molar-refractivity contribution in [1.82, 2.24) is 5.32 Å². The van der Waals surface area contributed by atoms with Crippen LogP contribution in [0, 0.1) is 22.2 Å². The van der Waals surface area contributed by atoms with E-state index in [4.69, 9.17) is 5.26 Å². The number of nitrogens with zero attached hydrogens (tertiary/aromatic N) is 1. The van der Waals surface area contributed by atoms with Crippen LogP contribution in [0.3, 0.4) is 0 Å². The van der Waals surface area contributed by atoms with Gasteiger partial charge in [0.25, 0.3) is 0 Å². The van der Waals surface area contributed by atoms with E-state index in [0.29, 0.717) is 11.8 Å². The van der Waals surface area contributed by atoms with Crippen molar-refractivity contribution in [3.63, 3.8) is 0 Å². The average Bonchev–Trinajstić information content (AvgIpc) is 2.27. The molecule has 17 heavy (non-hydrogen) atoms.